The number of thiazole rings is 2. The van der Waals surface area contributed by atoms with Crippen molar-refractivity contribution >= 4 is 66.4 Å². The molecule has 4 heterocycles. The molecule has 2 aliphatic rings. The molecule has 4 aromatic rings. The number of rotatable bonds is 15. The van der Waals surface area contributed by atoms with E-state index in [-0.39, 0.29) is 12.1 Å². The summed E-state index contributed by atoms with van der Waals surface area (Å²) in [5.41, 5.74) is 5.19. The lowest BCUT2D eigenvalue weighted by Crippen LogP contribution is -2.47. The van der Waals surface area contributed by atoms with Gasteiger partial charge in [-0.25, -0.2) is 28.0 Å². The summed E-state index contributed by atoms with van der Waals surface area (Å²) in [4.78, 5) is 38.4. The number of piperazine rings is 1. The molecular formula is C41H59N9O7S3. The lowest BCUT2D eigenvalue weighted by molar-refractivity contribution is 0.0337. The molecule has 0 unspecified atom stereocenters. The Labute approximate surface area is 362 Å². The van der Waals surface area contributed by atoms with Gasteiger partial charge in [0.1, 0.15) is 11.5 Å². The smallest absolute Gasteiger partial charge is 0.325 e. The lowest BCUT2D eigenvalue weighted by Gasteiger charge is -2.32. The SMILES string of the molecule is Cc1ccc(NC(=O)Nc2nc(CN3CCN(S(C)(=O)=O)CC3)cs2)c(OCC(C)C)c1.Cc1ccc(NC(=O)Nc2nc(CN3CCOCC3)cs2)c(OCC(C)C)c1. The fourth-order valence-corrected chi connectivity index (χ4v) is 8.25. The van der Waals surface area contributed by atoms with Gasteiger partial charge < -0.3 is 24.8 Å². The minimum Gasteiger partial charge on any atom is -0.491 e. The summed E-state index contributed by atoms with van der Waals surface area (Å²) >= 11 is 2.78. The van der Waals surface area contributed by atoms with Gasteiger partial charge in [-0.2, -0.15) is 4.31 Å². The highest BCUT2D eigenvalue weighted by Crippen LogP contribution is 2.28. The van der Waals surface area contributed by atoms with E-state index in [1.807, 2.05) is 61.0 Å². The number of aromatic nitrogens is 2. The normalized spacial score (nSPS) is 15.3. The molecule has 2 saturated heterocycles. The molecule has 0 saturated carbocycles. The molecule has 4 N–H and O–H groups in total. The number of morpholine rings is 1. The fourth-order valence-electron chi connectivity index (χ4n) is 6.03. The molecule has 0 spiro atoms. The van der Waals surface area contributed by atoms with Crippen molar-refractivity contribution < 1.29 is 32.2 Å². The van der Waals surface area contributed by atoms with Crippen molar-refractivity contribution in [2.24, 2.45) is 11.8 Å². The first-order valence-electron chi connectivity index (χ1n) is 20.1. The monoisotopic (exact) mass is 885 g/mol. The van der Waals surface area contributed by atoms with E-state index in [2.05, 4.69) is 68.7 Å². The molecule has 0 atom stereocenters. The van der Waals surface area contributed by atoms with Gasteiger partial charge in [-0.15, -0.1) is 22.7 Å². The van der Waals surface area contributed by atoms with E-state index in [1.54, 1.807) is 0 Å². The molecular weight excluding hydrogens is 827 g/mol. The van der Waals surface area contributed by atoms with Gasteiger partial charge in [0.15, 0.2) is 10.3 Å². The number of sulfonamides is 1. The van der Waals surface area contributed by atoms with Crippen molar-refractivity contribution in [2.45, 2.75) is 54.6 Å². The predicted molar refractivity (Wildman–Crippen MR) is 240 cm³/mol. The summed E-state index contributed by atoms with van der Waals surface area (Å²) < 4.78 is 41.8. The van der Waals surface area contributed by atoms with Crippen LogP contribution in [0.4, 0.5) is 31.2 Å². The maximum Gasteiger partial charge on any atom is 0.325 e. The Balaban J connectivity index is 0.000000230. The average Bonchev–Trinajstić information content (AvgIpc) is 3.83. The van der Waals surface area contributed by atoms with Gasteiger partial charge in [-0.1, -0.05) is 39.8 Å². The molecule has 16 nitrogen and oxygen atoms in total. The molecule has 4 amide bonds. The van der Waals surface area contributed by atoms with E-state index in [0.29, 0.717) is 90.9 Å². The number of anilines is 4. The standard InChI is InChI=1S/C21H31N5O4S2.C20H28N4O3S/c1-15(2)13-30-19-11-16(3)5-6-18(19)23-20(27)24-21-22-17(14-31-21)12-25-7-9-26(10-8-25)32(4,28)29;1-14(2)12-27-18-10-15(3)4-5-17(18)22-19(25)23-20-21-16(13-28-20)11-24-6-8-26-9-7-24/h5-6,11,14-15H,7-10,12-13H2,1-4H3,(H2,22,23,24,27);4-5,10,13-14H,6-9,11-12H2,1-3H3,(H2,21,22,23,25). The highest BCUT2D eigenvalue weighted by atomic mass is 32.2. The molecule has 2 aliphatic heterocycles. The number of amides is 4. The topological polar surface area (TPSA) is 180 Å². The minimum atomic E-state index is -3.14. The Morgan fingerprint density at radius 3 is 1.55 bits per heavy atom. The molecule has 0 aliphatic carbocycles. The van der Waals surface area contributed by atoms with Crippen molar-refractivity contribution in [2.75, 3.05) is 93.2 Å². The summed E-state index contributed by atoms with van der Waals surface area (Å²) in [7, 11) is -3.14. The Bertz CT molecular complexity index is 2110. The number of aryl methyl sites for hydroxylation is 2. The Morgan fingerprint density at radius 2 is 1.13 bits per heavy atom. The largest absolute Gasteiger partial charge is 0.491 e. The summed E-state index contributed by atoms with van der Waals surface area (Å²) in [6.45, 7) is 20.4. The maximum atomic E-state index is 12.5. The third-order valence-corrected chi connectivity index (χ3v) is 12.1. The Hall–Kier alpha value is -4.37. The zero-order valence-corrected chi connectivity index (χ0v) is 38.0. The van der Waals surface area contributed by atoms with E-state index < -0.39 is 10.0 Å². The second kappa shape index (κ2) is 22.5. The molecule has 2 fully saturated rings. The number of urea groups is 2. The van der Waals surface area contributed by atoms with Gasteiger partial charge in [-0.3, -0.25) is 20.4 Å². The molecule has 0 bridgehead atoms. The van der Waals surface area contributed by atoms with Crippen LogP contribution in [0.5, 0.6) is 11.5 Å². The highest BCUT2D eigenvalue weighted by molar-refractivity contribution is 7.88. The van der Waals surface area contributed by atoms with Gasteiger partial charge >= 0.3 is 12.1 Å². The van der Waals surface area contributed by atoms with Gasteiger partial charge in [-0.05, 0) is 61.1 Å². The number of nitrogens with one attached hydrogen (secondary N) is 4. The summed E-state index contributed by atoms with van der Waals surface area (Å²) in [5.74, 6) is 2.10. The zero-order chi connectivity index (χ0) is 43.2. The average molecular weight is 886 g/mol. The molecule has 19 heteroatoms. The number of hydrogen-bond acceptors (Lipinski definition) is 13. The molecule has 2 aromatic heterocycles. The van der Waals surface area contributed by atoms with E-state index in [9.17, 15) is 18.0 Å². The molecule has 60 heavy (non-hydrogen) atoms. The summed E-state index contributed by atoms with van der Waals surface area (Å²) in [5, 5.41) is 16.3. The first-order chi connectivity index (χ1) is 28.6. The lowest BCUT2D eigenvalue weighted by atomic mass is 10.2. The van der Waals surface area contributed by atoms with Crippen molar-refractivity contribution in [3.05, 3.63) is 69.7 Å². The third kappa shape index (κ3) is 15.6. The first kappa shape index (κ1) is 46.7. The number of benzene rings is 2. The van der Waals surface area contributed by atoms with Crippen LogP contribution in [0.25, 0.3) is 0 Å². The van der Waals surface area contributed by atoms with Crippen LogP contribution in [-0.2, 0) is 27.8 Å². The van der Waals surface area contributed by atoms with E-state index >= 15 is 0 Å². The van der Waals surface area contributed by atoms with Crippen LogP contribution in [0, 0.1) is 25.7 Å². The van der Waals surface area contributed by atoms with Crippen molar-refractivity contribution in [1.29, 1.82) is 0 Å². The van der Waals surface area contributed by atoms with E-state index in [0.717, 1.165) is 55.4 Å². The number of nitrogens with zero attached hydrogens (tertiary/aromatic N) is 5. The maximum absolute atomic E-state index is 12.5. The first-order valence-corrected chi connectivity index (χ1v) is 23.7. The number of carbonyl (C=O) groups is 2. The van der Waals surface area contributed by atoms with Crippen LogP contribution in [-0.4, -0.2) is 117 Å². The van der Waals surface area contributed by atoms with Crippen LogP contribution >= 0.6 is 22.7 Å². The second-order valence-electron chi connectivity index (χ2n) is 15.7. The number of ether oxygens (including phenoxy) is 3. The Kier molecular flexibility index (Phi) is 17.5. The van der Waals surface area contributed by atoms with Crippen LogP contribution in [0.15, 0.2) is 47.2 Å². The Morgan fingerprint density at radius 1 is 0.700 bits per heavy atom. The van der Waals surface area contributed by atoms with Crippen molar-refractivity contribution in [3.63, 3.8) is 0 Å². The van der Waals surface area contributed by atoms with E-state index in [1.165, 1.54) is 33.2 Å². The molecule has 0 radical (unpaired) electrons. The minimum absolute atomic E-state index is 0.328. The van der Waals surface area contributed by atoms with E-state index in [4.69, 9.17) is 14.2 Å². The highest BCUT2D eigenvalue weighted by Gasteiger charge is 2.24. The number of hydrogen-bond donors (Lipinski definition) is 4. The van der Waals surface area contributed by atoms with Gasteiger partial charge in [0.05, 0.1) is 55.4 Å². The van der Waals surface area contributed by atoms with Gasteiger partial charge in [0.2, 0.25) is 10.0 Å². The molecule has 6 rings (SSSR count). The molecule has 2 aromatic carbocycles. The van der Waals surface area contributed by atoms with Crippen molar-refractivity contribution in [3.8, 4) is 11.5 Å². The van der Waals surface area contributed by atoms with Crippen LogP contribution in [0.3, 0.4) is 0 Å². The van der Waals surface area contributed by atoms with Gasteiger partial charge in [0, 0.05) is 63.1 Å². The molecule has 328 valence electrons. The van der Waals surface area contributed by atoms with Crippen LogP contribution in [0.1, 0.15) is 50.2 Å². The quantitative estimate of drug-likeness (QED) is 0.0951. The third-order valence-electron chi connectivity index (χ3n) is 9.13. The zero-order valence-electron chi connectivity index (χ0n) is 35.6. The van der Waals surface area contributed by atoms with Crippen LogP contribution in [0.2, 0.25) is 0 Å². The second-order valence-corrected chi connectivity index (χ2v) is 19.4. The van der Waals surface area contributed by atoms with Crippen molar-refractivity contribution in [1.82, 2.24) is 24.1 Å². The number of carbonyl (C=O) groups excluding carboxylic acids is 2. The fraction of sp³-hybridized carbons (Fsp3) is 0.512. The summed E-state index contributed by atoms with van der Waals surface area (Å²) in [6, 6.07) is 10.7. The van der Waals surface area contributed by atoms with Crippen LogP contribution < -0.4 is 30.7 Å². The summed E-state index contributed by atoms with van der Waals surface area (Å²) in [6.07, 6.45) is 1.24. The van der Waals surface area contributed by atoms with Gasteiger partial charge in [0.25, 0.3) is 0 Å². The predicted octanol–water partition coefficient (Wildman–Crippen LogP) is 7.17.